The van der Waals surface area contributed by atoms with Crippen LogP contribution in [0, 0.1) is 12.7 Å². The Balaban J connectivity index is 1.43. The first-order valence-corrected chi connectivity index (χ1v) is 11.3. The Labute approximate surface area is 202 Å². The third-order valence-corrected chi connectivity index (χ3v) is 6.89. The lowest BCUT2D eigenvalue weighted by molar-refractivity contribution is -0.151. The van der Waals surface area contributed by atoms with Crippen LogP contribution in [-0.2, 0) is 17.8 Å². The van der Waals surface area contributed by atoms with E-state index in [0.29, 0.717) is 0 Å². The highest BCUT2D eigenvalue weighted by molar-refractivity contribution is 6.44. The van der Waals surface area contributed by atoms with E-state index in [9.17, 15) is 31.9 Å². The van der Waals surface area contributed by atoms with Crippen molar-refractivity contribution in [1.82, 2.24) is 15.3 Å². The zero-order valence-corrected chi connectivity index (χ0v) is 19.1. The molecule has 1 aliphatic carbocycles. The number of nitrogens with zero attached hydrogens (tertiary/aromatic N) is 3. The predicted molar refractivity (Wildman–Crippen MR) is 118 cm³/mol. The van der Waals surface area contributed by atoms with E-state index >= 15 is 0 Å². The minimum atomic E-state index is -3.01. The van der Waals surface area contributed by atoms with E-state index in [0.717, 1.165) is 12.1 Å². The van der Waals surface area contributed by atoms with Crippen LogP contribution in [0.3, 0.4) is 0 Å². The Kier molecular flexibility index (Phi) is 5.60. The average Bonchev–Trinajstić information content (AvgIpc) is 3.49. The molecule has 0 bridgehead atoms. The van der Waals surface area contributed by atoms with Gasteiger partial charge >= 0.3 is 0 Å². The summed E-state index contributed by atoms with van der Waals surface area (Å²) >= 11 is 0. The Morgan fingerprint density at radius 1 is 1.17 bits per heavy atom. The number of anilines is 1. The molecular formula is C23H22F4N6O3. The summed E-state index contributed by atoms with van der Waals surface area (Å²) in [5.74, 6) is -6.36. The third-order valence-electron chi connectivity index (χ3n) is 6.89. The van der Waals surface area contributed by atoms with Gasteiger partial charge in [0.25, 0.3) is 23.5 Å². The molecule has 3 aliphatic rings. The van der Waals surface area contributed by atoms with Gasteiger partial charge in [0, 0.05) is 30.6 Å². The van der Waals surface area contributed by atoms with Gasteiger partial charge in [-0.3, -0.25) is 19.8 Å². The molecule has 1 fully saturated rings. The Hall–Kier alpha value is -3.77. The molecule has 1 aromatic heterocycles. The number of ketones is 1. The molecule has 3 N–H and O–H groups in total. The van der Waals surface area contributed by atoms with Gasteiger partial charge in [-0.1, -0.05) is 5.22 Å². The Bertz CT molecular complexity index is 1270. The van der Waals surface area contributed by atoms with Crippen LogP contribution in [0.4, 0.5) is 23.2 Å². The van der Waals surface area contributed by atoms with Crippen LogP contribution in [0.15, 0.2) is 34.6 Å². The molecule has 9 nitrogen and oxygen atoms in total. The molecule has 1 unspecified atom stereocenters. The SMILES string of the molecule is Cc1c(C(=O)C(=O)NC2(C3CN=NN3)CC(F)(F)C2)c2n(c1C(=O)Nc1ccc(F)cc1)C[C@H](F)C2. The molecule has 190 valence electrons. The Morgan fingerprint density at radius 2 is 1.86 bits per heavy atom. The second-order valence-corrected chi connectivity index (χ2v) is 9.42. The van der Waals surface area contributed by atoms with Crippen LogP contribution < -0.4 is 16.1 Å². The minimum Gasteiger partial charge on any atom is -0.341 e. The molecule has 36 heavy (non-hydrogen) atoms. The number of carbonyl (C=O) groups excluding carboxylic acids is 3. The van der Waals surface area contributed by atoms with Crippen molar-refractivity contribution in [2.75, 3.05) is 11.9 Å². The largest absolute Gasteiger partial charge is 0.341 e. The topological polar surface area (TPSA) is 117 Å². The summed E-state index contributed by atoms with van der Waals surface area (Å²) < 4.78 is 56.5. The van der Waals surface area contributed by atoms with Crippen LogP contribution in [0.2, 0.25) is 0 Å². The van der Waals surface area contributed by atoms with Gasteiger partial charge < -0.3 is 15.2 Å². The first-order valence-electron chi connectivity index (χ1n) is 11.3. The zero-order valence-electron chi connectivity index (χ0n) is 19.1. The number of hydrogen-bond donors (Lipinski definition) is 3. The number of Topliss-reactive ketones (excluding diaryl/α,β-unsaturated/α-hetero) is 1. The van der Waals surface area contributed by atoms with Crippen LogP contribution >= 0.6 is 0 Å². The van der Waals surface area contributed by atoms with E-state index in [2.05, 4.69) is 26.4 Å². The molecule has 2 aliphatic heterocycles. The fraction of sp³-hybridized carbons (Fsp3) is 0.435. The summed E-state index contributed by atoms with van der Waals surface area (Å²) in [7, 11) is 0. The van der Waals surface area contributed by atoms with Crippen molar-refractivity contribution in [3.8, 4) is 0 Å². The summed E-state index contributed by atoms with van der Waals surface area (Å²) in [6.45, 7) is 1.33. The number of amides is 2. The van der Waals surface area contributed by atoms with E-state index in [1.807, 2.05) is 0 Å². The Morgan fingerprint density at radius 3 is 2.47 bits per heavy atom. The number of alkyl halides is 3. The molecule has 2 atom stereocenters. The van der Waals surface area contributed by atoms with Crippen LogP contribution in [0.25, 0.3) is 0 Å². The molecule has 0 saturated heterocycles. The molecule has 2 amide bonds. The van der Waals surface area contributed by atoms with Gasteiger partial charge in [-0.25, -0.2) is 17.6 Å². The van der Waals surface area contributed by atoms with Crippen LogP contribution in [0.1, 0.15) is 44.9 Å². The lowest BCUT2D eigenvalue weighted by Crippen LogP contribution is -2.71. The molecular weight excluding hydrogens is 484 g/mol. The fourth-order valence-electron chi connectivity index (χ4n) is 5.27. The van der Waals surface area contributed by atoms with E-state index in [-0.39, 0.29) is 47.7 Å². The molecule has 5 rings (SSSR count). The number of rotatable bonds is 6. The van der Waals surface area contributed by atoms with Crippen molar-refractivity contribution in [1.29, 1.82) is 0 Å². The lowest BCUT2D eigenvalue weighted by atomic mass is 9.68. The van der Waals surface area contributed by atoms with Gasteiger partial charge in [0.15, 0.2) is 0 Å². The van der Waals surface area contributed by atoms with Gasteiger partial charge in [-0.2, -0.15) is 5.11 Å². The highest BCUT2D eigenvalue weighted by atomic mass is 19.3. The number of nitrogens with one attached hydrogen (secondary N) is 3. The maximum atomic E-state index is 14.3. The van der Waals surface area contributed by atoms with E-state index in [1.165, 1.54) is 23.6 Å². The first-order chi connectivity index (χ1) is 17.0. The summed E-state index contributed by atoms with van der Waals surface area (Å²) in [6, 6.07) is 4.29. The smallest absolute Gasteiger partial charge is 0.292 e. The monoisotopic (exact) mass is 506 g/mol. The normalized spacial score (nSPS) is 22.9. The molecule has 1 saturated carbocycles. The fourth-order valence-corrected chi connectivity index (χ4v) is 5.27. The van der Waals surface area contributed by atoms with Crippen molar-refractivity contribution < 1.29 is 31.9 Å². The van der Waals surface area contributed by atoms with Crippen molar-refractivity contribution in [2.45, 2.75) is 56.4 Å². The van der Waals surface area contributed by atoms with Crippen LogP contribution in [0.5, 0.6) is 0 Å². The van der Waals surface area contributed by atoms with E-state index < -0.39 is 59.9 Å². The van der Waals surface area contributed by atoms with Crippen molar-refractivity contribution in [3.63, 3.8) is 0 Å². The molecule has 1 aromatic carbocycles. The van der Waals surface area contributed by atoms with Crippen molar-refractivity contribution >= 4 is 23.3 Å². The molecule has 0 radical (unpaired) electrons. The molecule has 0 spiro atoms. The number of benzene rings is 1. The second-order valence-electron chi connectivity index (χ2n) is 9.42. The molecule has 3 heterocycles. The van der Waals surface area contributed by atoms with Gasteiger partial charge in [-0.15, -0.1) is 0 Å². The van der Waals surface area contributed by atoms with E-state index in [1.54, 1.807) is 0 Å². The van der Waals surface area contributed by atoms with Crippen LogP contribution in [-0.4, -0.2) is 52.4 Å². The number of fused-ring (bicyclic) bond motifs is 1. The highest BCUT2D eigenvalue weighted by Crippen LogP contribution is 2.48. The van der Waals surface area contributed by atoms with Gasteiger partial charge in [0.05, 0.1) is 30.2 Å². The van der Waals surface area contributed by atoms with Gasteiger partial charge in [0.2, 0.25) is 0 Å². The summed E-state index contributed by atoms with van der Waals surface area (Å²) in [5.41, 5.74) is 1.65. The predicted octanol–water partition coefficient (Wildman–Crippen LogP) is 2.89. The number of carbonyl (C=O) groups is 3. The number of halogens is 4. The summed E-state index contributed by atoms with van der Waals surface area (Å²) in [5, 5.41) is 12.3. The zero-order chi connectivity index (χ0) is 25.8. The van der Waals surface area contributed by atoms with Gasteiger partial charge in [0.1, 0.15) is 17.7 Å². The number of aromatic nitrogens is 1. The number of hydrogen-bond acceptors (Lipinski definition) is 6. The van der Waals surface area contributed by atoms with Gasteiger partial charge in [-0.05, 0) is 36.8 Å². The minimum absolute atomic E-state index is 0.00873. The third kappa shape index (κ3) is 4.01. The second kappa shape index (κ2) is 8.42. The maximum absolute atomic E-state index is 14.3. The molecule has 2 aromatic rings. The summed E-state index contributed by atoms with van der Waals surface area (Å²) in [6.07, 6.45) is -2.95. The van der Waals surface area contributed by atoms with E-state index in [4.69, 9.17) is 0 Å². The standard InChI is InChI=1S/C23H22F4N6O3/c1-11-17(19(34)21(36)30-22(9-23(26,27)10-22)16-7-28-32-31-16)15-6-13(25)8-33(15)18(11)20(35)29-14-4-2-12(24)3-5-14/h2-5,13,16H,6-10H2,1H3,(H,28,31)(H,29,35)(H,30,36)/t13-,16?/m1/s1. The van der Waals surface area contributed by atoms with Crippen molar-refractivity contribution in [3.05, 3.63) is 52.6 Å². The summed E-state index contributed by atoms with van der Waals surface area (Å²) in [4.78, 5) is 39.4. The molecule has 13 heteroatoms. The van der Waals surface area contributed by atoms with Crippen molar-refractivity contribution in [2.24, 2.45) is 10.3 Å². The highest BCUT2D eigenvalue weighted by Gasteiger charge is 2.62. The maximum Gasteiger partial charge on any atom is 0.292 e. The lowest BCUT2D eigenvalue weighted by Gasteiger charge is -2.50. The quantitative estimate of drug-likeness (QED) is 0.317. The average molecular weight is 506 g/mol. The first kappa shape index (κ1) is 23.9.